The number of fused-ring (bicyclic) bond motifs is 1. The van der Waals surface area contributed by atoms with Gasteiger partial charge in [0.15, 0.2) is 0 Å². The number of hydrogen-bond donors (Lipinski definition) is 0. The van der Waals surface area contributed by atoms with Gasteiger partial charge in [0.1, 0.15) is 0 Å². The first-order valence-electron chi connectivity index (χ1n) is 8.95. The Kier molecular flexibility index (Phi) is 4.28. The lowest BCUT2D eigenvalue weighted by molar-refractivity contribution is 0.221. The summed E-state index contributed by atoms with van der Waals surface area (Å²) in [4.78, 5) is 0. The largest absolute Gasteiger partial charge is 0.370 e. The van der Waals surface area contributed by atoms with Crippen molar-refractivity contribution in [1.82, 2.24) is 0 Å². The second-order valence-corrected chi connectivity index (χ2v) is 8.36. The van der Waals surface area contributed by atoms with Gasteiger partial charge in [-0.15, -0.1) is 0 Å². The van der Waals surface area contributed by atoms with Crippen molar-refractivity contribution < 1.29 is 9.47 Å². The molecule has 0 N–H and O–H groups in total. The molecule has 0 spiro atoms. The minimum atomic E-state index is 0.261. The zero-order chi connectivity index (χ0) is 16.0. The molecule has 4 rings (SSSR count). The van der Waals surface area contributed by atoms with E-state index < -0.39 is 0 Å². The van der Waals surface area contributed by atoms with E-state index in [0.29, 0.717) is 6.10 Å². The Bertz CT molecular complexity index is 474. The van der Waals surface area contributed by atoms with E-state index in [-0.39, 0.29) is 11.2 Å². The lowest BCUT2D eigenvalue weighted by Crippen LogP contribution is -2.22. The van der Waals surface area contributed by atoms with Crippen LogP contribution in [0.2, 0.25) is 0 Å². The van der Waals surface area contributed by atoms with Crippen LogP contribution in [0.3, 0.4) is 0 Å². The molecule has 4 aliphatic rings. The summed E-state index contributed by atoms with van der Waals surface area (Å²) >= 11 is 0. The first kappa shape index (κ1) is 16.3. The fourth-order valence-electron chi connectivity index (χ4n) is 3.96. The van der Waals surface area contributed by atoms with Crippen molar-refractivity contribution in [2.24, 2.45) is 11.8 Å². The third kappa shape index (κ3) is 3.49. The van der Waals surface area contributed by atoms with Crippen molar-refractivity contribution in [3.8, 4) is 0 Å². The van der Waals surface area contributed by atoms with Gasteiger partial charge < -0.3 is 9.47 Å². The highest BCUT2D eigenvalue weighted by Crippen LogP contribution is 2.50. The Morgan fingerprint density at radius 2 is 2.00 bits per heavy atom. The lowest BCUT2D eigenvalue weighted by atomic mass is 9.80. The predicted molar refractivity (Wildman–Crippen MR) is 90.9 cm³/mol. The summed E-state index contributed by atoms with van der Waals surface area (Å²) in [5.74, 6) is 1.53. The van der Waals surface area contributed by atoms with Gasteiger partial charge in [0.25, 0.3) is 0 Å². The molecule has 2 aliphatic carbocycles. The first-order valence-corrected chi connectivity index (χ1v) is 8.95. The van der Waals surface area contributed by atoms with E-state index in [9.17, 15) is 0 Å². The van der Waals surface area contributed by atoms with Crippen LogP contribution >= 0.6 is 0 Å². The molecule has 2 saturated heterocycles. The third-order valence-electron chi connectivity index (χ3n) is 6.32. The van der Waals surface area contributed by atoms with Crippen molar-refractivity contribution in [3.05, 3.63) is 23.8 Å². The molecule has 0 aromatic carbocycles. The van der Waals surface area contributed by atoms with Gasteiger partial charge in [-0.1, -0.05) is 23.8 Å². The minimum absolute atomic E-state index is 0.261. The Labute approximate surface area is 136 Å². The van der Waals surface area contributed by atoms with E-state index in [1.54, 1.807) is 5.57 Å². The molecule has 0 radical (unpaired) electrons. The SMILES string of the molecule is C=C(C)[C@@H]1CCC2(C)OC2C1.CC1=CC[C@H](C2(C)CO2)CC1. The van der Waals surface area contributed by atoms with Gasteiger partial charge in [0.2, 0.25) is 0 Å². The molecule has 2 aliphatic heterocycles. The van der Waals surface area contributed by atoms with Crippen LogP contribution in [0.15, 0.2) is 23.8 Å². The van der Waals surface area contributed by atoms with Gasteiger partial charge in [0.05, 0.1) is 23.9 Å². The fraction of sp³-hybridized carbons (Fsp3) is 0.800. The van der Waals surface area contributed by atoms with Gasteiger partial charge in [-0.2, -0.15) is 0 Å². The lowest BCUT2D eigenvalue weighted by Gasteiger charge is -2.23. The van der Waals surface area contributed by atoms with Crippen LogP contribution in [0, 0.1) is 11.8 Å². The molecule has 0 aromatic rings. The highest BCUT2D eigenvalue weighted by atomic mass is 16.6. The molecule has 0 bridgehead atoms. The van der Waals surface area contributed by atoms with Gasteiger partial charge in [0, 0.05) is 0 Å². The molecule has 124 valence electrons. The standard InChI is InChI=1S/2C10H16O/c1-7(2)8-4-5-10(3)9(6-8)11-10;1-8-3-5-9(6-4-8)10(2)7-11-10/h8-9H,1,4-6H2,2-3H3;3,9H,4-7H2,1-2H3/t8-,9?,10?;9-,10?/m10/s1. The molecular formula is C20H32O2. The molecule has 0 aromatic heterocycles. The van der Waals surface area contributed by atoms with Crippen LogP contribution in [-0.2, 0) is 9.47 Å². The summed E-state index contributed by atoms with van der Waals surface area (Å²) in [7, 11) is 0. The summed E-state index contributed by atoms with van der Waals surface area (Å²) in [6, 6.07) is 0. The highest BCUT2D eigenvalue weighted by Gasteiger charge is 2.55. The monoisotopic (exact) mass is 304 g/mol. The van der Waals surface area contributed by atoms with Crippen LogP contribution in [0.25, 0.3) is 0 Å². The Hall–Kier alpha value is -0.600. The number of allylic oxidation sites excluding steroid dienone is 3. The maximum atomic E-state index is 5.60. The number of ether oxygens (including phenoxy) is 2. The van der Waals surface area contributed by atoms with Gasteiger partial charge in [-0.05, 0) is 78.1 Å². The second-order valence-electron chi connectivity index (χ2n) is 8.36. The highest BCUT2D eigenvalue weighted by molar-refractivity contribution is 5.10. The van der Waals surface area contributed by atoms with Crippen molar-refractivity contribution in [2.45, 2.75) is 83.5 Å². The van der Waals surface area contributed by atoms with E-state index in [4.69, 9.17) is 9.47 Å². The van der Waals surface area contributed by atoms with Crippen LogP contribution in [0.1, 0.15) is 66.2 Å². The summed E-state index contributed by atoms with van der Waals surface area (Å²) in [6.45, 7) is 13.8. The van der Waals surface area contributed by atoms with Gasteiger partial charge >= 0.3 is 0 Å². The molecule has 2 nitrogen and oxygen atoms in total. The minimum Gasteiger partial charge on any atom is -0.370 e. The Morgan fingerprint density at radius 3 is 2.50 bits per heavy atom. The maximum Gasteiger partial charge on any atom is 0.0920 e. The molecule has 0 amide bonds. The fourth-order valence-corrected chi connectivity index (χ4v) is 3.96. The normalized spacial score (nSPS) is 45.8. The molecule has 1 saturated carbocycles. The maximum absolute atomic E-state index is 5.60. The quantitative estimate of drug-likeness (QED) is 0.527. The summed E-state index contributed by atoms with van der Waals surface area (Å²) < 4.78 is 11.0. The Morgan fingerprint density at radius 1 is 1.27 bits per heavy atom. The van der Waals surface area contributed by atoms with Crippen LogP contribution in [0.5, 0.6) is 0 Å². The molecule has 3 unspecified atom stereocenters. The summed E-state index contributed by atoms with van der Waals surface area (Å²) in [6.07, 6.45) is 10.5. The molecule has 2 heteroatoms. The smallest absolute Gasteiger partial charge is 0.0920 e. The molecule has 3 fully saturated rings. The number of epoxide rings is 2. The average molecular weight is 304 g/mol. The second kappa shape index (κ2) is 5.79. The molecule has 22 heavy (non-hydrogen) atoms. The molecule has 5 atom stereocenters. The van der Waals surface area contributed by atoms with Crippen molar-refractivity contribution in [2.75, 3.05) is 6.61 Å². The van der Waals surface area contributed by atoms with E-state index in [1.165, 1.54) is 44.1 Å². The molecule has 2 heterocycles. The van der Waals surface area contributed by atoms with Crippen molar-refractivity contribution in [1.29, 1.82) is 0 Å². The van der Waals surface area contributed by atoms with E-state index in [2.05, 4.69) is 40.3 Å². The zero-order valence-corrected chi connectivity index (χ0v) is 14.8. The van der Waals surface area contributed by atoms with Gasteiger partial charge in [-0.3, -0.25) is 0 Å². The van der Waals surface area contributed by atoms with E-state index in [0.717, 1.165) is 18.4 Å². The predicted octanol–water partition coefficient (Wildman–Crippen LogP) is 5.04. The topological polar surface area (TPSA) is 25.1 Å². The number of rotatable bonds is 2. The van der Waals surface area contributed by atoms with Crippen LogP contribution < -0.4 is 0 Å². The van der Waals surface area contributed by atoms with Gasteiger partial charge in [-0.25, -0.2) is 0 Å². The van der Waals surface area contributed by atoms with Crippen LogP contribution in [-0.4, -0.2) is 23.9 Å². The zero-order valence-electron chi connectivity index (χ0n) is 14.8. The van der Waals surface area contributed by atoms with Crippen molar-refractivity contribution >= 4 is 0 Å². The van der Waals surface area contributed by atoms with E-state index >= 15 is 0 Å². The first-order chi connectivity index (χ1) is 10.3. The molecular weight excluding hydrogens is 272 g/mol. The van der Waals surface area contributed by atoms with Crippen LogP contribution in [0.4, 0.5) is 0 Å². The average Bonchev–Trinajstić information content (AvgIpc) is 3.36. The summed E-state index contributed by atoms with van der Waals surface area (Å²) in [5, 5.41) is 0. The third-order valence-corrected chi connectivity index (χ3v) is 6.32. The number of hydrogen-bond acceptors (Lipinski definition) is 2. The Balaban J connectivity index is 0.000000131. The van der Waals surface area contributed by atoms with Crippen molar-refractivity contribution in [3.63, 3.8) is 0 Å². The van der Waals surface area contributed by atoms with E-state index in [1.807, 2.05) is 0 Å². The summed E-state index contributed by atoms with van der Waals surface area (Å²) in [5.41, 5.74) is 3.43.